The Morgan fingerprint density at radius 1 is 1.33 bits per heavy atom. The van der Waals surface area contributed by atoms with E-state index in [1.165, 1.54) is 0 Å². The van der Waals surface area contributed by atoms with Gasteiger partial charge in [-0.2, -0.15) is 0 Å². The molecule has 0 fully saturated rings. The van der Waals surface area contributed by atoms with Crippen molar-refractivity contribution in [3.05, 3.63) is 0 Å². The van der Waals surface area contributed by atoms with Gasteiger partial charge in [-0.15, -0.1) is 0 Å². The van der Waals surface area contributed by atoms with Crippen molar-refractivity contribution in [1.29, 1.82) is 0 Å². The average molecular weight is 245 g/mol. The predicted molar refractivity (Wildman–Crippen MR) is 46.3 cm³/mol. The maximum Gasteiger partial charge on any atom is 0.469 e. The summed E-state index contributed by atoms with van der Waals surface area (Å²) in [5, 5.41) is 37.5. The van der Waals surface area contributed by atoms with Crippen molar-refractivity contribution < 1.29 is 39.4 Å². The van der Waals surface area contributed by atoms with E-state index >= 15 is 0 Å². The molecule has 0 radical (unpaired) electrons. The number of oxime groups is 1. The second kappa shape index (κ2) is 6.13. The first-order chi connectivity index (χ1) is 6.78. The lowest BCUT2D eigenvalue weighted by atomic mass is 10.1. The Morgan fingerprint density at radius 2 is 1.87 bits per heavy atom. The molecule has 0 unspecified atom stereocenters. The van der Waals surface area contributed by atoms with Crippen molar-refractivity contribution in [3.8, 4) is 0 Å². The molecule has 3 atom stereocenters. The quantitative estimate of drug-likeness (QED) is 0.131. The van der Waals surface area contributed by atoms with Crippen molar-refractivity contribution >= 4 is 14.0 Å². The number of aliphatic hydroxyl groups is 3. The summed E-state index contributed by atoms with van der Waals surface area (Å²) >= 11 is 0. The largest absolute Gasteiger partial charge is 0.469 e. The van der Waals surface area contributed by atoms with Crippen LogP contribution in [0, 0.1) is 0 Å². The van der Waals surface area contributed by atoms with Crippen LogP contribution in [0.5, 0.6) is 0 Å². The fourth-order valence-corrected chi connectivity index (χ4v) is 1.00. The highest BCUT2D eigenvalue weighted by molar-refractivity contribution is 7.46. The van der Waals surface area contributed by atoms with Gasteiger partial charge in [0.15, 0.2) is 0 Å². The van der Waals surface area contributed by atoms with Crippen LogP contribution in [0.4, 0.5) is 0 Å². The molecule has 0 bridgehead atoms. The predicted octanol–water partition coefficient (Wildman–Crippen LogP) is -2.36. The van der Waals surface area contributed by atoms with Gasteiger partial charge in [0.05, 0.1) is 12.8 Å². The molecule has 0 saturated heterocycles. The standard InChI is InChI=1S/C5H12NO8P/c7-3(1-6-10)5(9)4(8)2-14-15(11,12)13/h1,3-5,7-10H,2H2,(H2,11,12,13)/b6-1+/t3-,4-,5+/m1/s1. The number of hydrogen-bond donors (Lipinski definition) is 6. The summed E-state index contributed by atoms with van der Waals surface area (Å²) in [5.41, 5.74) is 0. The number of nitrogens with zero attached hydrogens (tertiary/aromatic N) is 1. The summed E-state index contributed by atoms with van der Waals surface area (Å²) in [6.45, 7) is -0.873. The topological polar surface area (TPSA) is 160 Å². The van der Waals surface area contributed by atoms with E-state index in [-0.39, 0.29) is 0 Å². The minimum Gasteiger partial charge on any atom is -0.411 e. The van der Waals surface area contributed by atoms with Crippen molar-refractivity contribution in [1.82, 2.24) is 0 Å². The maximum absolute atomic E-state index is 10.2. The molecule has 0 saturated carbocycles. The van der Waals surface area contributed by atoms with Crippen LogP contribution < -0.4 is 0 Å². The van der Waals surface area contributed by atoms with E-state index in [9.17, 15) is 4.57 Å². The van der Waals surface area contributed by atoms with E-state index in [1.54, 1.807) is 0 Å². The van der Waals surface area contributed by atoms with Crippen molar-refractivity contribution in [3.63, 3.8) is 0 Å². The maximum atomic E-state index is 10.2. The lowest BCUT2D eigenvalue weighted by molar-refractivity contribution is -0.0537. The number of phosphoric ester groups is 1. The van der Waals surface area contributed by atoms with Crippen LogP contribution in [0.15, 0.2) is 5.16 Å². The van der Waals surface area contributed by atoms with Crippen LogP contribution in [-0.2, 0) is 9.09 Å². The summed E-state index contributed by atoms with van der Waals surface area (Å²) in [5.74, 6) is 0. The molecule has 0 aliphatic rings. The Balaban J connectivity index is 4.09. The van der Waals surface area contributed by atoms with Crippen molar-refractivity contribution in [2.75, 3.05) is 6.61 Å². The molecular formula is C5H12NO8P. The van der Waals surface area contributed by atoms with E-state index in [0.29, 0.717) is 6.21 Å². The van der Waals surface area contributed by atoms with Crippen LogP contribution in [-0.4, -0.2) is 61.4 Å². The van der Waals surface area contributed by atoms with E-state index in [1.807, 2.05) is 0 Å². The first kappa shape index (κ1) is 14.5. The molecule has 0 aliphatic heterocycles. The number of aliphatic hydroxyl groups excluding tert-OH is 3. The van der Waals surface area contributed by atoms with E-state index in [2.05, 4.69) is 9.68 Å². The normalized spacial score (nSPS) is 19.0. The van der Waals surface area contributed by atoms with Gasteiger partial charge in [-0.1, -0.05) is 5.16 Å². The van der Waals surface area contributed by atoms with Crippen LogP contribution in [0.25, 0.3) is 0 Å². The second-order valence-corrected chi connectivity index (χ2v) is 3.84. The molecule has 0 spiro atoms. The van der Waals surface area contributed by atoms with Gasteiger partial charge in [-0.3, -0.25) is 4.52 Å². The van der Waals surface area contributed by atoms with Crippen molar-refractivity contribution in [2.24, 2.45) is 5.16 Å². The van der Waals surface area contributed by atoms with Gasteiger partial charge < -0.3 is 30.3 Å². The fourth-order valence-electron chi connectivity index (χ4n) is 0.656. The molecule has 0 aromatic carbocycles. The van der Waals surface area contributed by atoms with Gasteiger partial charge in [0.25, 0.3) is 0 Å². The summed E-state index contributed by atoms with van der Waals surface area (Å²) in [6.07, 6.45) is -4.66. The van der Waals surface area contributed by atoms with E-state index in [4.69, 9.17) is 30.3 Å². The minimum atomic E-state index is -4.74. The van der Waals surface area contributed by atoms with E-state index < -0.39 is 32.7 Å². The molecule has 0 aromatic rings. The molecule has 0 aromatic heterocycles. The number of hydrogen-bond acceptors (Lipinski definition) is 7. The molecule has 6 N–H and O–H groups in total. The monoisotopic (exact) mass is 245 g/mol. The highest BCUT2D eigenvalue weighted by Gasteiger charge is 2.26. The molecule has 15 heavy (non-hydrogen) atoms. The Hall–Kier alpha value is -0.540. The van der Waals surface area contributed by atoms with Gasteiger partial charge in [0, 0.05) is 0 Å². The zero-order chi connectivity index (χ0) is 12.1. The molecular weight excluding hydrogens is 233 g/mol. The SMILES string of the molecule is O=P(O)(O)OC[C@@H](O)[C@@H](O)[C@H](O)/C=N/O. The third kappa shape index (κ3) is 6.52. The zero-order valence-corrected chi connectivity index (χ0v) is 8.31. The number of phosphoric acid groups is 1. The first-order valence-corrected chi connectivity index (χ1v) is 5.23. The average Bonchev–Trinajstić information content (AvgIpc) is 2.12. The van der Waals surface area contributed by atoms with Gasteiger partial charge in [0.1, 0.15) is 18.3 Å². The fraction of sp³-hybridized carbons (Fsp3) is 0.800. The first-order valence-electron chi connectivity index (χ1n) is 3.69. The molecule has 10 heteroatoms. The molecule has 0 aliphatic carbocycles. The third-order valence-corrected chi connectivity index (χ3v) is 1.86. The van der Waals surface area contributed by atoms with Gasteiger partial charge in [-0.05, 0) is 0 Å². The van der Waals surface area contributed by atoms with Gasteiger partial charge >= 0.3 is 7.82 Å². The third-order valence-electron chi connectivity index (χ3n) is 1.38. The summed E-state index contributed by atoms with van der Waals surface area (Å²) in [4.78, 5) is 16.5. The minimum absolute atomic E-state index is 0.533. The van der Waals surface area contributed by atoms with E-state index in [0.717, 1.165) is 0 Å². The Morgan fingerprint density at radius 3 is 2.27 bits per heavy atom. The lowest BCUT2D eigenvalue weighted by Crippen LogP contribution is -2.40. The molecule has 9 nitrogen and oxygen atoms in total. The second-order valence-electron chi connectivity index (χ2n) is 2.60. The highest BCUT2D eigenvalue weighted by Crippen LogP contribution is 2.35. The Labute approximate surface area is 84.5 Å². The summed E-state index contributed by atoms with van der Waals surface area (Å²) < 4.78 is 14.1. The molecule has 0 amide bonds. The van der Waals surface area contributed by atoms with Crippen LogP contribution in [0.2, 0.25) is 0 Å². The van der Waals surface area contributed by atoms with Crippen LogP contribution in [0.3, 0.4) is 0 Å². The molecule has 0 heterocycles. The Kier molecular flexibility index (Phi) is 5.91. The lowest BCUT2D eigenvalue weighted by Gasteiger charge is -2.19. The zero-order valence-electron chi connectivity index (χ0n) is 7.41. The highest BCUT2D eigenvalue weighted by atomic mass is 31.2. The van der Waals surface area contributed by atoms with Crippen molar-refractivity contribution in [2.45, 2.75) is 18.3 Å². The summed E-state index contributed by atoms with van der Waals surface area (Å²) in [7, 11) is -4.74. The molecule has 90 valence electrons. The smallest absolute Gasteiger partial charge is 0.411 e. The van der Waals surface area contributed by atoms with Gasteiger partial charge in [-0.25, -0.2) is 4.57 Å². The number of rotatable bonds is 6. The van der Waals surface area contributed by atoms with Crippen LogP contribution in [0.1, 0.15) is 0 Å². The summed E-state index contributed by atoms with van der Waals surface area (Å²) in [6, 6.07) is 0. The van der Waals surface area contributed by atoms with Gasteiger partial charge in [0.2, 0.25) is 0 Å². The van der Waals surface area contributed by atoms with Crippen LogP contribution >= 0.6 is 7.82 Å². The Bertz CT molecular complexity index is 251. The molecule has 0 rings (SSSR count).